The van der Waals surface area contributed by atoms with Crippen molar-refractivity contribution in [3.8, 4) is 11.1 Å². The van der Waals surface area contributed by atoms with E-state index in [4.69, 9.17) is 5.11 Å². The number of hydrogen-bond donors (Lipinski definition) is 1. The van der Waals surface area contributed by atoms with Gasteiger partial charge in [0, 0.05) is 17.5 Å². The molecule has 0 spiro atoms. The number of carbonyl (C=O) groups is 1. The molecule has 0 unspecified atom stereocenters. The fraction of sp³-hybridized carbons (Fsp3) is 0.188. The first-order valence-corrected chi connectivity index (χ1v) is 9.05. The van der Waals surface area contributed by atoms with E-state index in [9.17, 15) is 9.59 Å². The summed E-state index contributed by atoms with van der Waals surface area (Å²) in [5.41, 5.74) is 1.62. The summed E-state index contributed by atoms with van der Waals surface area (Å²) in [5.74, 6) is -0.933. The van der Waals surface area contributed by atoms with Gasteiger partial charge < -0.3 is 5.11 Å². The van der Waals surface area contributed by atoms with E-state index in [0.717, 1.165) is 11.1 Å². The lowest BCUT2D eigenvalue weighted by molar-refractivity contribution is -0.137. The highest BCUT2D eigenvalue weighted by atomic mass is 32.2. The number of rotatable bonds is 5. The standard InChI is InChI=1S/C16H14N2O3S2/c1-22-16-17-14-13(15(21)18(16)8-7-12(19)20)11(9-23-14)10-5-3-2-4-6-10/h2-6,9H,7-8H2,1H3,(H,19,20). The predicted octanol–water partition coefficient (Wildman–Crippen LogP) is 3.32. The van der Waals surface area contributed by atoms with Crippen LogP contribution in [0, 0.1) is 0 Å². The van der Waals surface area contributed by atoms with E-state index >= 15 is 0 Å². The van der Waals surface area contributed by atoms with Crippen molar-refractivity contribution in [3.05, 3.63) is 46.1 Å². The quantitative estimate of drug-likeness (QED) is 0.567. The molecule has 2 aromatic heterocycles. The van der Waals surface area contributed by atoms with Gasteiger partial charge in [-0.2, -0.15) is 0 Å². The summed E-state index contributed by atoms with van der Waals surface area (Å²) in [5, 5.41) is 11.9. The van der Waals surface area contributed by atoms with Crippen molar-refractivity contribution in [3.63, 3.8) is 0 Å². The lowest BCUT2D eigenvalue weighted by Crippen LogP contribution is -2.24. The molecule has 0 amide bonds. The Morgan fingerprint density at radius 2 is 2.09 bits per heavy atom. The van der Waals surface area contributed by atoms with Gasteiger partial charge in [-0.25, -0.2) is 4.98 Å². The third kappa shape index (κ3) is 3.02. The molecule has 23 heavy (non-hydrogen) atoms. The molecular weight excluding hydrogens is 332 g/mol. The summed E-state index contributed by atoms with van der Waals surface area (Å²) in [6.07, 6.45) is 1.72. The first kappa shape index (κ1) is 15.8. The summed E-state index contributed by atoms with van der Waals surface area (Å²) < 4.78 is 1.46. The molecule has 0 fully saturated rings. The molecule has 0 radical (unpaired) electrons. The molecule has 5 nitrogen and oxygen atoms in total. The Morgan fingerprint density at radius 3 is 2.74 bits per heavy atom. The lowest BCUT2D eigenvalue weighted by Gasteiger charge is -2.09. The van der Waals surface area contributed by atoms with Crippen LogP contribution in [0.2, 0.25) is 0 Å². The first-order valence-electron chi connectivity index (χ1n) is 6.95. The average Bonchev–Trinajstić information content (AvgIpc) is 2.98. The van der Waals surface area contributed by atoms with Gasteiger partial charge in [-0.3, -0.25) is 14.2 Å². The van der Waals surface area contributed by atoms with E-state index in [1.54, 1.807) is 0 Å². The first-order chi connectivity index (χ1) is 11.1. The van der Waals surface area contributed by atoms with Crippen LogP contribution in [0.15, 0.2) is 45.7 Å². The maximum atomic E-state index is 12.9. The molecule has 1 aromatic carbocycles. The van der Waals surface area contributed by atoms with Crippen LogP contribution in [0.4, 0.5) is 0 Å². The van der Waals surface area contributed by atoms with Crippen LogP contribution in [-0.4, -0.2) is 26.9 Å². The van der Waals surface area contributed by atoms with Crippen molar-refractivity contribution in [1.82, 2.24) is 9.55 Å². The van der Waals surface area contributed by atoms with Gasteiger partial charge in [-0.1, -0.05) is 42.1 Å². The summed E-state index contributed by atoms with van der Waals surface area (Å²) in [7, 11) is 0. The molecule has 118 valence electrons. The SMILES string of the molecule is CSc1nc2scc(-c3ccccc3)c2c(=O)n1CCC(=O)O. The van der Waals surface area contributed by atoms with Gasteiger partial charge in [0.1, 0.15) is 4.83 Å². The second-order valence-electron chi connectivity index (χ2n) is 4.89. The van der Waals surface area contributed by atoms with E-state index < -0.39 is 5.97 Å². The van der Waals surface area contributed by atoms with E-state index in [1.165, 1.54) is 27.7 Å². The van der Waals surface area contributed by atoms with Crippen molar-refractivity contribution in [2.24, 2.45) is 0 Å². The maximum absolute atomic E-state index is 12.9. The van der Waals surface area contributed by atoms with Crippen molar-refractivity contribution >= 4 is 39.3 Å². The summed E-state index contributed by atoms with van der Waals surface area (Å²) in [6.45, 7) is 0.122. The van der Waals surface area contributed by atoms with Gasteiger partial charge in [0.2, 0.25) is 0 Å². The van der Waals surface area contributed by atoms with Gasteiger partial charge in [0.15, 0.2) is 5.16 Å². The number of fused-ring (bicyclic) bond motifs is 1. The molecule has 2 heterocycles. The fourth-order valence-corrected chi connectivity index (χ4v) is 3.97. The molecule has 3 aromatic rings. The highest BCUT2D eigenvalue weighted by Gasteiger charge is 2.17. The summed E-state index contributed by atoms with van der Waals surface area (Å²) >= 11 is 2.78. The second kappa shape index (κ2) is 6.55. The zero-order chi connectivity index (χ0) is 16.4. The fourth-order valence-electron chi connectivity index (χ4n) is 2.40. The monoisotopic (exact) mass is 346 g/mol. The highest BCUT2D eigenvalue weighted by Crippen LogP contribution is 2.31. The zero-order valence-corrected chi connectivity index (χ0v) is 14.0. The van der Waals surface area contributed by atoms with E-state index in [0.29, 0.717) is 15.4 Å². The smallest absolute Gasteiger partial charge is 0.305 e. The van der Waals surface area contributed by atoms with Crippen LogP contribution in [0.5, 0.6) is 0 Å². The van der Waals surface area contributed by atoms with Gasteiger partial charge in [0.25, 0.3) is 5.56 Å². The van der Waals surface area contributed by atoms with Crippen LogP contribution in [0.3, 0.4) is 0 Å². The zero-order valence-electron chi connectivity index (χ0n) is 12.4. The van der Waals surface area contributed by atoms with Crippen LogP contribution in [-0.2, 0) is 11.3 Å². The van der Waals surface area contributed by atoms with E-state index in [1.807, 2.05) is 42.0 Å². The third-order valence-electron chi connectivity index (χ3n) is 3.48. The summed E-state index contributed by atoms with van der Waals surface area (Å²) in [4.78, 5) is 29.0. The van der Waals surface area contributed by atoms with Crippen molar-refractivity contribution in [2.45, 2.75) is 18.1 Å². The lowest BCUT2D eigenvalue weighted by atomic mass is 10.1. The predicted molar refractivity (Wildman–Crippen MR) is 93.3 cm³/mol. The van der Waals surface area contributed by atoms with Crippen LogP contribution < -0.4 is 5.56 Å². The molecule has 3 rings (SSSR count). The largest absolute Gasteiger partial charge is 0.481 e. The molecule has 0 aliphatic heterocycles. The van der Waals surface area contributed by atoms with Gasteiger partial charge >= 0.3 is 5.97 Å². The van der Waals surface area contributed by atoms with Crippen molar-refractivity contribution in [1.29, 1.82) is 0 Å². The molecule has 0 aliphatic rings. The molecular formula is C16H14N2O3S2. The highest BCUT2D eigenvalue weighted by molar-refractivity contribution is 7.98. The Kier molecular flexibility index (Phi) is 4.49. The Morgan fingerprint density at radius 1 is 1.35 bits per heavy atom. The number of carboxylic acids is 1. The van der Waals surface area contributed by atoms with Crippen LogP contribution >= 0.6 is 23.1 Å². The Balaban J connectivity index is 2.22. The van der Waals surface area contributed by atoms with Crippen molar-refractivity contribution in [2.75, 3.05) is 6.26 Å². The number of thiophene rings is 1. The number of aromatic nitrogens is 2. The minimum absolute atomic E-state index is 0.106. The van der Waals surface area contributed by atoms with E-state index in [-0.39, 0.29) is 18.5 Å². The number of hydrogen-bond acceptors (Lipinski definition) is 5. The number of carboxylic acid groups (broad SMARTS) is 1. The number of thioether (sulfide) groups is 1. The maximum Gasteiger partial charge on any atom is 0.305 e. The van der Waals surface area contributed by atoms with E-state index in [2.05, 4.69) is 4.98 Å². The Labute approximate surface area is 140 Å². The molecule has 0 saturated heterocycles. The van der Waals surface area contributed by atoms with Gasteiger partial charge in [-0.15, -0.1) is 11.3 Å². The van der Waals surface area contributed by atoms with Gasteiger partial charge in [-0.05, 0) is 11.8 Å². The van der Waals surface area contributed by atoms with Gasteiger partial charge in [0.05, 0.1) is 11.8 Å². The van der Waals surface area contributed by atoms with Crippen LogP contribution in [0.25, 0.3) is 21.3 Å². The number of aliphatic carboxylic acids is 1. The minimum Gasteiger partial charge on any atom is -0.481 e. The summed E-state index contributed by atoms with van der Waals surface area (Å²) in [6, 6.07) is 9.67. The second-order valence-corrected chi connectivity index (χ2v) is 6.53. The third-order valence-corrected chi connectivity index (χ3v) is 5.02. The van der Waals surface area contributed by atoms with Crippen molar-refractivity contribution < 1.29 is 9.90 Å². The van der Waals surface area contributed by atoms with Crippen LogP contribution in [0.1, 0.15) is 6.42 Å². The minimum atomic E-state index is -0.933. The topological polar surface area (TPSA) is 72.2 Å². The molecule has 1 N–H and O–H groups in total. The molecule has 0 bridgehead atoms. The molecule has 7 heteroatoms. The molecule has 0 saturated carbocycles. The molecule has 0 aliphatic carbocycles. The molecule has 0 atom stereocenters. The number of nitrogens with zero attached hydrogens (tertiary/aromatic N) is 2. The Bertz CT molecular complexity index is 916. The normalized spacial score (nSPS) is 11.0. The average molecular weight is 346 g/mol. The Hall–Kier alpha value is -2.12. The number of benzene rings is 1.